The van der Waals surface area contributed by atoms with Gasteiger partial charge in [-0.05, 0) is 46.6 Å². The predicted molar refractivity (Wildman–Crippen MR) is 118 cm³/mol. The first-order valence-electron chi connectivity index (χ1n) is 10.9. The third-order valence-electron chi connectivity index (χ3n) is 4.57. The highest BCUT2D eigenvalue weighted by molar-refractivity contribution is 5.87. The molecule has 1 amide bonds. The minimum Gasteiger partial charge on any atom is -0.458 e. The number of carbonyl (C=O) groups is 2. The van der Waals surface area contributed by atoms with Crippen molar-refractivity contribution in [3.8, 4) is 0 Å². The van der Waals surface area contributed by atoms with Gasteiger partial charge < -0.3 is 24.3 Å². The molecular weight excluding hydrogens is 455 g/mol. The van der Waals surface area contributed by atoms with Crippen LogP contribution in [-0.2, 0) is 35.1 Å². The number of nitrogens with one attached hydrogen (secondary N) is 1. The van der Waals surface area contributed by atoms with Crippen molar-refractivity contribution in [1.82, 2.24) is 5.32 Å². The van der Waals surface area contributed by atoms with Gasteiger partial charge in [-0.3, -0.25) is 4.79 Å². The number of rotatable bonds is 9. The first-order valence-corrected chi connectivity index (χ1v) is 10.9. The molecule has 1 fully saturated rings. The van der Waals surface area contributed by atoms with Crippen LogP contribution in [0.3, 0.4) is 0 Å². The molecule has 10 heteroatoms. The number of ether oxygens (including phenoxy) is 4. The Labute approximate surface area is 197 Å². The Kier molecular flexibility index (Phi) is 9.27. The van der Waals surface area contributed by atoms with Crippen molar-refractivity contribution in [2.45, 2.75) is 83.5 Å². The molecular formula is C24H32F3NO6. The molecule has 1 N–H and O–H groups in total. The van der Waals surface area contributed by atoms with E-state index in [2.05, 4.69) is 0 Å². The molecule has 1 aromatic rings. The average Bonchev–Trinajstić information content (AvgIpc) is 2.99. The summed E-state index contributed by atoms with van der Waals surface area (Å²) in [5, 5.41) is 1.70. The number of halogens is 3. The molecule has 2 rings (SSSR count). The van der Waals surface area contributed by atoms with Crippen molar-refractivity contribution < 1.29 is 41.7 Å². The molecule has 7 nitrogen and oxygen atoms in total. The van der Waals surface area contributed by atoms with Crippen LogP contribution in [0, 0.1) is 0 Å². The van der Waals surface area contributed by atoms with Crippen LogP contribution < -0.4 is 5.32 Å². The molecule has 0 radical (unpaired) electrons. The molecule has 190 valence electrons. The second-order valence-electron chi connectivity index (χ2n) is 9.36. The van der Waals surface area contributed by atoms with Crippen LogP contribution in [0.2, 0.25) is 0 Å². The van der Waals surface area contributed by atoms with Gasteiger partial charge in [0, 0.05) is 0 Å². The Hall–Kier alpha value is -2.43. The molecule has 1 aliphatic heterocycles. The van der Waals surface area contributed by atoms with Gasteiger partial charge in [0.05, 0.1) is 13.2 Å². The smallest absolute Gasteiger partial charge is 0.458 e. The van der Waals surface area contributed by atoms with Gasteiger partial charge >= 0.3 is 18.1 Å². The Bertz CT molecular complexity index is 849. The zero-order chi connectivity index (χ0) is 25.6. The number of alkyl halides is 3. The maximum atomic E-state index is 12.7. The second kappa shape index (κ2) is 11.3. The van der Waals surface area contributed by atoms with E-state index in [4.69, 9.17) is 18.9 Å². The quantitative estimate of drug-likeness (QED) is 0.418. The molecule has 1 heterocycles. The van der Waals surface area contributed by atoms with E-state index in [1.807, 2.05) is 30.3 Å². The summed E-state index contributed by atoms with van der Waals surface area (Å²) in [7, 11) is 0. The Balaban J connectivity index is 2.02. The first-order chi connectivity index (χ1) is 15.7. The van der Waals surface area contributed by atoms with Crippen molar-refractivity contribution in [2.75, 3.05) is 6.61 Å². The fourth-order valence-corrected chi connectivity index (χ4v) is 3.20. The van der Waals surface area contributed by atoms with Crippen LogP contribution in [-0.4, -0.2) is 54.3 Å². The lowest BCUT2D eigenvalue weighted by Crippen LogP contribution is -2.48. The van der Waals surface area contributed by atoms with E-state index in [0.29, 0.717) is 6.61 Å². The summed E-state index contributed by atoms with van der Waals surface area (Å²) in [6.45, 7) is 8.80. The van der Waals surface area contributed by atoms with E-state index in [9.17, 15) is 22.8 Å². The first kappa shape index (κ1) is 27.8. The van der Waals surface area contributed by atoms with Crippen LogP contribution >= 0.6 is 0 Å². The molecule has 1 aromatic carbocycles. The van der Waals surface area contributed by atoms with E-state index in [0.717, 1.165) is 5.56 Å². The van der Waals surface area contributed by atoms with Gasteiger partial charge in [-0.2, -0.15) is 13.2 Å². The van der Waals surface area contributed by atoms with Crippen LogP contribution in [0.1, 0.15) is 46.6 Å². The third-order valence-corrected chi connectivity index (χ3v) is 4.57. The van der Waals surface area contributed by atoms with Gasteiger partial charge in [-0.15, -0.1) is 0 Å². The van der Waals surface area contributed by atoms with Crippen molar-refractivity contribution in [1.29, 1.82) is 0 Å². The minimum absolute atomic E-state index is 0.216. The number of esters is 1. The molecule has 0 aliphatic carbocycles. The summed E-state index contributed by atoms with van der Waals surface area (Å²) >= 11 is 0. The van der Waals surface area contributed by atoms with Crippen LogP contribution in [0.15, 0.2) is 42.5 Å². The molecule has 0 saturated carbocycles. The standard InChI is InChI=1S/C24H32F3NO6/c1-22(2,3)34-20(29)17(28-21(30)24(25,26)27)12-9-13-18-19(33-23(4,5)32-18)15-31-14-16-10-7-6-8-11-16/h6-11,13,17-19H,12,14-15H2,1-5H3,(H,28,30)/b13-9+/t17-,18+,19+/m1/s1. The van der Waals surface area contributed by atoms with Crippen molar-refractivity contribution in [3.05, 3.63) is 48.0 Å². The van der Waals surface area contributed by atoms with E-state index in [1.165, 1.54) is 6.08 Å². The van der Waals surface area contributed by atoms with E-state index in [1.54, 1.807) is 46.0 Å². The van der Waals surface area contributed by atoms with Gasteiger partial charge in [0.25, 0.3) is 0 Å². The largest absolute Gasteiger partial charge is 0.471 e. The minimum atomic E-state index is -5.13. The van der Waals surface area contributed by atoms with Gasteiger partial charge in [0.1, 0.15) is 23.9 Å². The molecule has 0 aromatic heterocycles. The number of hydrogen-bond acceptors (Lipinski definition) is 6. The molecule has 3 atom stereocenters. The van der Waals surface area contributed by atoms with Gasteiger partial charge in [0.15, 0.2) is 5.79 Å². The van der Waals surface area contributed by atoms with E-state index < -0.39 is 47.7 Å². The zero-order valence-corrected chi connectivity index (χ0v) is 20.0. The molecule has 1 aliphatic rings. The lowest BCUT2D eigenvalue weighted by molar-refractivity contribution is -0.177. The molecule has 1 saturated heterocycles. The Morgan fingerprint density at radius 3 is 2.38 bits per heavy atom. The topological polar surface area (TPSA) is 83.1 Å². The summed E-state index contributed by atoms with van der Waals surface area (Å²) in [5.74, 6) is -4.09. The molecule has 0 bridgehead atoms. The van der Waals surface area contributed by atoms with Crippen LogP contribution in [0.25, 0.3) is 0 Å². The Morgan fingerprint density at radius 1 is 1.15 bits per heavy atom. The second-order valence-corrected chi connectivity index (χ2v) is 9.36. The zero-order valence-electron chi connectivity index (χ0n) is 20.0. The van der Waals surface area contributed by atoms with Crippen molar-refractivity contribution >= 4 is 11.9 Å². The molecule has 0 unspecified atom stereocenters. The monoisotopic (exact) mass is 487 g/mol. The van der Waals surface area contributed by atoms with Crippen molar-refractivity contribution in [3.63, 3.8) is 0 Å². The third kappa shape index (κ3) is 9.44. The number of hydrogen-bond donors (Lipinski definition) is 1. The molecule has 0 spiro atoms. The Morgan fingerprint density at radius 2 is 1.79 bits per heavy atom. The van der Waals surface area contributed by atoms with Crippen LogP contribution in [0.4, 0.5) is 13.2 Å². The summed E-state index contributed by atoms with van der Waals surface area (Å²) in [6.07, 6.45) is -3.34. The maximum Gasteiger partial charge on any atom is 0.471 e. The van der Waals surface area contributed by atoms with Gasteiger partial charge in [-0.25, -0.2) is 4.79 Å². The van der Waals surface area contributed by atoms with E-state index >= 15 is 0 Å². The summed E-state index contributed by atoms with van der Waals surface area (Å²) < 4.78 is 60.8. The summed E-state index contributed by atoms with van der Waals surface area (Å²) in [6, 6.07) is 8.05. The van der Waals surface area contributed by atoms with Crippen LogP contribution in [0.5, 0.6) is 0 Å². The number of amides is 1. The highest BCUT2D eigenvalue weighted by Gasteiger charge is 2.42. The maximum absolute atomic E-state index is 12.7. The van der Waals surface area contributed by atoms with Gasteiger partial charge in [0.2, 0.25) is 0 Å². The fraction of sp³-hybridized carbons (Fsp3) is 0.583. The van der Waals surface area contributed by atoms with Crippen molar-refractivity contribution in [2.24, 2.45) is 0 Å². The number of benzene rings is 1. The lowest BCUT2D eigenvalue weighted by Gasteiger charge is -2.24. The highest BCUT2D eigenvalue weighted by atomic mass is 19.4. The van der Waals surface area contributed by atoms with Gasteiger partial charge in [-0.1, -0.05) is 42.5 Å². The summed E-state index contributed by atoms with van der Waals surface area (Å²) in [4.78, 5) is 23.8. The number of carbonyl (C=O) groups excluding carboxylic acids is 2. The SMILES string of the molecule is CC(C)(C)OC(=O)[C@@H](C/C=C/[C@@H]1OC(C)(C)O[C@H]1COCc1ccccc1)NC(=O)C(F)(F)F. The normalized spacial score (nSPS) is 21.4. The summed E-state index contributed by atoms with van der Waals surface area (Å²) in [5.41, 5.74) is 0.0590. The molecule has 34 heavy (non-hydrogen) atoms. The lowest BCUT2D eigenvalue weighted by atomic mass is 10.1. The average molecular weight is 488 g/mol. The highest BCUT2D eigenvalue weighted by Crippen LogP contribution is 2.29. The van der Waals surface area contributed by atoms with E-state index in [-0.39, 0.29) is 13.0 Å². The predicted octanol–water partition coefficient (Wildman–Crippen LogP) is 4.06. The fourth-order valence-electron chi connectivity index (χ4n) is 3.20.